The van der Waals surface area contributed by atoms with Crippen LogP contribution in [0.2, 0.25) is 10.0 Å². The molecule has 0 aromatic carbocycles. The van der Waals surface area contributed by atoms with Gasteiger partial charge in [0.25, 0.3) is 5.91 Å². The lowest BCUT2D eigenvalue weighted by atomic mass is 9.97. The molecule has 13 heteroatoms. The predicted molar refractivity (Wildman–Crippen MR) is 152 cm³/mol. The molecule has 2 atom stereocenters. The van der Waals surface area contributed by atoms with Gasteiger partial charge in [-0.1, -0.05) is 34.5 Å². The predicted octanol–water partition coefficient (Wildman–Crippen LogP) is 4.92. The summed E-state index contributed by atoms with van der Waals surface area (Å²) in [6.45, 7) is 4.05. The number of hydrogen-bond donors (Lipinski definition) is 3. The Morgan fingerprint density at radius 2 is 1.95 bits per heavy atom. The first-order valence-corrected chi connectivity index (χ1v) is 15.0. The summed E-state index contributed by atoms with van der Waals surface area (Å²) < 4.78 is 0. The van der Waals surface area contributed by atoms with Gasteiger partial charge in [0.15, 0.2) is 5.13 Å². The molecule has 38 heavy (non-hydrogen) atoms. The van der Waals surface area contributed by atoms with E-state index in [1.807, 2.05) is 16.3 Å². The van der Waals surface area contributed by atoms with Gasteiger partial charge in [-0.3, -0.25) is 14.9 Å². The molecule has 3 saturated heterocycles. The molecule has 3 aliphatic rings. The average molecular weight is 594 g/mol. The molecule has 0 spiro atoms. The second kappa shape index (κ2) is 10.6. The fraction of sp³-hybridized carbons (Fsp3) is 0.440. The van der Waals surface area contributed by atoms with Crippen molar-refractivity contribution in [2.75, 3.05) is 47.8 Å². The van der Waals surface area contributed by atoms with E-state index in [1.54, 1.807) is 17.4 Å². The van der Waals surface area contributed by atoms with Crippen molar-refractivity contribution < 1.29 is 14.7 Å². The molecule has 9 nitrogen and oxygen atoms in total. The van der Waals surface area contributed by atoms with Crippen LogP contribution in [0.3, 0.4) is 0 Å². The highest BCUT2D eigenvalue weighted by molar-refractivity contribution is 7.21. The molecule has 6 rings (SSSR count). The number of nitrogens with zero attached hydrogens (tertiary/aromatic N) is 4. The SMILES string of the molecule is O=C(Nc1nc(-c2cc(Cl)cs2)c(N2CCC3CNCC32)s1)c1cnc(N2CCC(C(=O)O)CC2)c(Cl)c1. The number of amides is 1. The number of carboxylic acid groups (broad SMARTS) is 1. The number of thiazole rings is 1. The number of pyridine rings is 1. The Kier molecular flexibility index (Phi) is 7.21. The third-order valence-corrected chi connectivity index (χ3v) is 10.1. The van der Waals surface area contributed by atoms with E-state index < -0.39 is 5.97 Å². The number of piperidine rings is 1. The second-order valence-corrected chi connectivity index (χ2v) is 12.6. The van der Waals surface area contributed by atoms with Gasteiger partial charge in [-0.15, -0.1) is 11.3 Å². The second-order valence-electron chi connectivity index (χ2n) is 9.85. The lowest BCUT2D eigenvalue weighted by Crippen LogP contribution is -2.37. The van der Waals surface area contributed by atoms with E-state index in [1.165, 1.54) is 17.5 Å². The summed E-state index contributed by atoms with van der Waals surface area (Å²) in [6.07, 6.45) is 3.71. The maximum atomic E-state index is 13.2. The maximum Gasteiger partial charge on any atom is 0.306 e. The zero-order valence-electron chi connectivity index (χ0n) is 20.3. The summed E-state index contributed by atoms with van der Waals surface area (Å²) in [5.74, 6) is -0.264. The van der Waals surface area contributed by atoms with E-state index in [0.29, 0.717) is 64.4 Å². The molecule has 3 aromatic heterocycles. The van der Waals surface area contributed by atoms with Crippen LogP contribution in [0.1, 0.15) is 29.6 Å². The van der Waals surface area contributed by atoms with Crippen molar-refractivity contribution in [2.24, 2.45) is 11.8 Å². The van der Waals surface area contributed by atoms with Crippen LogP contribution in [0.25, 0.3) is 10.6 Å². The van der Waals surface area contributed by atoms with Crippen molar-refractivity contribution in [3.63, 3.8) is 0 Å². The molecule has 0 radical (unpaired) electrons. The molecule has 6 heterocycles. The smallest absolute Gasteiger partial charge is 0.306 e. The standard InChI is InChI=1S/C25H26Cl2N6O3S2/c26-16-8-19(37-12-16)20-23(33-6-3-14-9-28-11-18(14)33)38-25(30-20)31-22(34)15-7-17(27)21(29-10-15)32-4-1-13(2-5-32)24(35)36/h7-8,10,12-14,18,28H,1-6,9,11H2,(H,35,36)(H,30,31,34). The quantitative estimate of drug-likeness (QED) is 0.370. The number of carbonyl (C=O) groups excluding carboxylic acids is 1. The topological polar surface area (TPSA) is 111 Å². The van der Waals surface area contributed by atoms with Gasteiger partial charge < -0.3 is 20.2 Å². The normalized spacial score (nSPS) is 21.6. The van der Waals surface area contributed by atoms with Gasteiger partial charge >= 0.3 is 5.97 Å². The summed E-state index contributed by atoms with van der Waals surface area (Å²) in [7, 11) is 0. The van der Waals surface area contributed by atoms with Crippen LogP contribution in [0.5, 0.6) is 0 Å². The molecule has 0 saturated carbocycles. The number of aliphatic carboxylic acids is 1. The Balaban J connectivity index is 1.21. The van der Waals surface area contributed by atoms with Crippen molar-refractivity contribution in [3.05, 3.63) is 39.3 Å². The number of halogens is 2. The van der Waals surface area contributed by atoms with Crippen LogP contribution >= 0.6 is 45.9 Å². The third-order valence-electron chi connectivity index (χ3n) is 7.56. The van der Waals surface area contributed by atoms with Crippen molar-refractivity contribution >= 4 is 73.7 Å². The van der Waals surface area contributed by atoms with Gasteiger partial charge in [0, 0.05) is 50.3 Å². The summed E-state index contributed by atoms with van der Waals surface area (Å²) in [5.41, 5.74) is 1.17. The lowest BCUT2D eigenvalue weighted by molar-refractivity contribution is -0.142. The Morgan fingerprint density at radius 3 is 2.66 bits per heavy atom. The van der Waals surface area contributed by atoms with Crippen molar-refractivity contribution in [2.45, 2.75) is 25.3 Å². The lowest BCUT2D eigenvalue weighted by Gasteiger charge is -2.31. The maximum absolute atomic E-state index is 13.2. The number of fused-ring (bicyclic) bond motifs is 1. The highest BCUT2D eigenvalue weighted by Crippen LogP contribution is 2.45. The minimum absolute atomic E-state index is 0.331. The molecule has 3 N–H and O–H groups in total. The largest absolute Gasteiger partial charge is 0.481 e. The summed E-state index contributed by atoms with van der Waals surface area (Å²) in [5, 5.41) is 20.1. The number of rotatable bonds is 6. The fourth-order valence-electron chi connectivity index (χ4n) is 5.55. The number of aromatic nitrogens is 2. The van der Waals surface area contributed by atoms with Crippen molar-refractivity contribution in [1.82, 2.24) is 15.3 Å². The number of carbonyl (C=O) groups is 2. The Hall–Kier alpha value is -2.44. The minimum atomic E-state index is -0.768. The highest BCUT2D eigenvalue weighted by Gasteiger charge is 2.39. The van der Waals surface area contributed by atoms with Crippen LogP contribution in [-0.2, 0) is 4.79 Å². The van der Waals surface area contributed by atoms with E-state index in [4.69, 9.17) is 28.2 Å². The molecule has 3 fully saturated rings. The monoisotopic (exact) mass is 592 g/mol. The zero-order chi connectivity index (χ0) is 26.4. The van der Waals surface area contributed by atoms with Crippen molar-refractivity contribution in [3.8, 4) is 10.6 Å². The highest BCUT2D eigenvalue weighted by atomic mass is 35.5. The van der Waals surface area contributed by atoms with E-state index in [9.17, 15) is 14.7 Å². The van der Waals surface area contributed by atoms with Gasteiger partial charge in [0.1, 0.15) is 16.5 Å². The van der Waals surface area contributed by atoms with Crippen molar-refractivity contribution in [1.29, 1.82) is 0 Å². The van der Waals surface area contributed by atoms with E-state index >= 15 is 0 Å². The summed E-state index contributed by atoms with van der Waals surface area (Å²) >= 11 is 15.8. The summed E-state index contributed by atoms with van der Waals surface area (Å²) in [4.78, 5) is 39.0. The Labute approximate surface area is 237 Å². The fourth-order valence-corrected chi connectivity index (χ4v) is 8.03. The molecule has 3 aliphatic heterocycles. The first-order valence-electron chi connectivity index (χ1n) is 12.5. The first-order chi connectivity index (χ1) is 18.4. The molecule has 0 aliphatic carbocycles. The minimum Gasteiger partial charge on any atom is -0.481 e. The number of hydrogen-bond acceptors (Lipinski definition) is 9. The van der Waals surface area contributed by atoms with Gasteiger partial charge in [0.05, 0.1) is 26.4 Å². The Morgan fingerprint density at radius 1 is 1.13 bits per heavy atom. The van der Waals surface area contributed by atoms with Crippen LogP contribution in [0, 0.1) is 11.8 Å². The molecule has 3 aromatic rings. The van der Waals surface area contributed by atoms with Crippen LogP contribution in [0.4, 0.5) is 16.0 Å². The van der Waals surface area contributed by atoms with E-state index in [-0.39, 0.29) is 11.8 Å². The van der Waals surface area contributed by atoms with Gasteiger partial charge in [0.2, 0.25) is 0 Å². The molecule has 0 bridgehead atoms. The van der Waals surface area contributed by atoms with Gasteiger partial charge in [-0.2, -0.15) is 0 Å². The number of carboxylic acids is 1. The zero-order valence-corrected chi connectivity index (χ0v) is 23.5. The first kappa shape index (κ1) is 25.8. The van der Waals surface area contributed by atoms with Crippen LogP contribution in [-0.4, -0.2) is 65.7 Å². The van der Waals surface area contributed by atoms with E-state index in [0.717, 1.165) is 41.6 Å². The van der Waals surface area contributed by atoms with Gasteiger partial charge in [-0.05, 0) is 37.3 Å². The molecule has 1 amide bonds. The van der Waals surface area contributed by atoms with Gasteiger partial charge in [-0.25, -0.2) is 9.97 Å². The third kappa shape index (κ3) is 4.98. The number of thiophene rings is 1. The summed E-state index contributed by atoms with van der Waals surface area (Å²) in [6, 6.07) is 3.94. The Bertz CT molecular complexity index is 1370. The average Bonchev–Trinajstić information content (AvgIpc) is 3.68. The molecule has 2 unspecified atom stereocenters. The molecular formula is C25H26Cl2N6O3S2. The number of anilines is 3. The van der Waals surface area contributed by atoms with Crippen LogP contribution < -0.4 is 20.4 Å². The van der Waals surface area contributed by atoms with E-state index in [2.05, 4.69) is 20.5 Å². The molecular weight excluding hydrogens is 567 g/mol. The molecule has 200 valence electrons. The number of nitrogens with one attached hydrogen (secondary N) is 2. The van der Waals surface area contributed by atoms with Crippen LogP contribution in [0.15, 0.2) is 23.7 Å².